The number of piperazine rings is 1. The molecule has 1 aromatic carbocycles. The number of nitrogens with two attached hydrogens (primary N) is 1. The van der Waals surface area contributed by atoms with Gasteiger partial charge in [-0.15, -0.1) is 0 Å². The summed E-state index contributed by atoms with van der Waals surface area (Å²) in [5.41, 5.74) is 10.3. The van der Waals surface area contributed by atoms with Crippen LogP contribution in [0.25, 0.3) is 0 Å². The van der Waals surface area contributed by atoms with Crippen molar-refractivity contribution in [2.45, 2.75) is 33.4 Å². The lowest BCUT2D eigenvalue weighted by molar-refractivity contribution is -0.134. The zero-order valence-electron chi connectivity index (χ0n) is 15.2. The Morgan fingerprint density at radius 3 is 2.36 bits per heavy atom. The van der Waals surface area contributed by atoms with Crippen molar-refractivity contribution in [3.63, 3.8) is 0 Å². The second-order valence-electron chi connectivity index (χ2n) is 6.79. The zero-order chi connectivity index (χ0) is 18.0. The van der Waals surface area contributed by atoms with Crippen LogP contribution in [0.5, 0.6) is 0 Å². The van der Waals surface area contributed by atoms with Crippen molar-refractivity contribution < 1.29 is 9.32 Å². The first kappa shape index (κ1) is 17.6. The average molecular weight is 342 g/mol. The summed E-state index contributed by atoms with van der Waals surface area (Å²) in [6.45, 7) is 9.79. The summed E-state index contributed by atoms with van der Waals surface area (Å²) in [5, 5.41) is 4.01. The minimum atomic E-state index is -0.588. The van der Waals surface area contributed by atoms with Gasteiger partial charge in [-0.05, 0) is 26.3 Å². The maximum absolute atomic E-state index is 12.7. The van der Waals surface area contributed by atoms with Gasteiger partial charge >= 0.3 is 0 Å². The van der Waals surface area contributed by atoms with Crippen LogP contribution in [-0.4, -0.2) is 47.0 Å². The summed E-state index contributed by atoms with van der Waals surface area (Å²) in [4.78, 5) is 16.9. The number of amides is 1. The molecular weight excluding hydrogens is 316 g/mol. The minimum Gasteiger partial charge on any atom is -0.361 e. The first-order valence-electron chi connectivity index (χ1n) is 8.70. The molecule has 0 saturated carbocycles. The van der Waals surface area contributed by atoms with Crippen LogP contribution in [0.1, 0.15) is 34.2 Å². The summed E-state index contributed by atoms with van der Waals surface area (Å²) in [5.74, 6) is 0.873. The standard InChI is InChI=1S/C19H26N4O2/c1-13-4-6-16(7-5-13)18(20)19(24)23-10-8-22(9-11-23)12-17-14(2)21-25-15(17)3/h4-7,18H,8-12,20H2,1-3H3. The number of carbonyl (C=O) groups excluding carboxylic acids is 1. The molecule has 2 heterocycles. The lowest BCUT2D eigenvalue weighted by Crippen LogP contribution is -2.50. The molecule has 1 unspecified atom stereocenters. The highest BCUT2D eigenvalue weighted by molar-refractivity contribution is 5.83. The summed E-state index contributed by atoms with van der Waals surface area (Å²) in [6, 6.07) is 7.26. The van der Waals surface area contributed by atoms with E-state index < -0.39 is 6.04 Å². The Kier molecular flexibility index (Phi) is 5.20. The van der Waals surface area contributed by atoms with Gasteiger partial charge < -0.3 is 15.2 Å². The number of hydrogen-bond donors (Lipinski definition) is 1. The molecule has 1 fully saturated rings. The molecule has 1 saturated heterocycles. The van der Waals surface area contributed by atoms with Crippen LogP contribution in [0, 0.1) is 20.8 Å². The van der Waals surface area contributed by atoms with Gasteiger partial charge in [-0.25, -0.2) is 0 Å². The SMILES string of the molecule is Cc1ccc(C(N)C(=O)N2CCN(Cc3c(C)noc3C)CC2)cc1. The molecule has 3 rings (SSSR count). The van der Waals surface area contributed by atoms with Crippen molar-refractivity contribution in [1.82, 2.24) is 15.0 Å². The van der Waals surface area contributed by atoms with Crippen LogP contribution in [0.2, 0.25) is 0 Å². The molecule has 2 aromatic rings. The lowest BCUT2D eigenvalue weighted by Gasteiger charge is -2.35. The number of rotatable bonds is 4. The van der Waals surface area contributed by atoms with Crippen LogP contribution >= 0.6 is 0 Å². The van der Waals surface area contributed by atoms with E-state index in [9.17, 15) is 4.79 Å². The van der Waals surface area contributed by atoms with Gasteiger partial charge in [0.2, 0.25) is 5.91 Å². The van der Waals surface area contributed by atoms with Crippen molar-refractivity contribution in [2.75, 3.05) is 26.2 Å². The Morgan fingerprint density at radius 2 is 1.80 bits per heavy atom. The smallest absolute Gasteiger partial charge is 0.244 e. The molecule has 1 aliphatic heterocycles. The Balaban J connectivity index is 1.56. The Hall–Kier alpha value is -2.18. The maximum Gasteiger partial charge on any atom is 0.244 e. The summed E-state index contributed by atoms with van der Waals surface area (Å²) in [7, 11) is 0. The van der Waals surface area contributed by atoms with Crippen molar-refractivity contribution in [2.24, 2.45) is 5.73 Å². The third-order valence-electron chi connectivity index (χ3n) is 4.95. The fraction of sp³-hybridized carbons (Fsp3) is 0.474. The molecule has 25 heavy (non-hydrogen) atoms. The fourth-order valence-corrected chi connectivity index (χ4v) is 3.19. The number of aromatic nitrogens is 1. The van der Waals surface area contributed by atoms with Gasteiger partial charge in [-0.1, -0.05) is 35.0 Å². The third kappa shape index (κ3) is 3.91. The van der Waals surface area contributed by atoms with E-state index in [1.807, 2.05) is 49.9 Å². The Labute approximate surface area is 148 Å². The quantitative estimate of drug-likeness (QED) is 0.919. The molecule has 6 heteroatoms. The minimum absolute atomic E-state index is 0.000780. The van der Waals surface area contributed by atoms with E-state index in [2.05, 4.69) is 10.1 Å². The fourth-order valence-electron chi connectivity index (χ4n) is 3.19. The van der Waals surface area contributed by atoms with Gasteiger partial charge in [0.05, 0.1) is 5.69 Å². The molecule has 6 nitrogen and oxygen atoms in total. The van der Waals surface area contributed by atoms with Gasteiger partial charge in [-0.2, -0.15) is 0 Å². The predicted octanol–water partition coefficient (Wildman–Crippen LogP) is 1.94. The molecule has 134 valence electrons. The highest BCUT2D eigenvalue weighted by atomic mass is 16.5. The number of aryl methyl sites for hydroxylation is 3. The lowest BCUT2D eigenvalue weighted by atomic mass is 10.0. The highest BCUT2D eigenvalue weighted by Crippen LogP contribution is 2.18. The van der Waals surface area contributed by atoms with Crippen molar-refractivity contribution >= 4 is 5.91 Å². The van der Waals surface area contributed by atoms with E-state index >= 15 is 0 Å². The van der Waals surface area contributed by atoms with Crippen molar-refractivity contribution in [3.8, 4) is 0 Å². The highest BCUT2D eigenvalue weighted by Gasteiger charge is 2.26. The summed E-state index contributed by atoms with van der Waals surface area (Å²) >= 11 is 0. The molecule has 0 radical (unpaired) electrons. The second kappa shape index (κ2) is 7.37. The van der Waals surface area contributed by atoms with Crippen molar-refractivity contribution in [1.29, 1.82) is 0 Å². The molecule has 1 aliphatic rings. The van der Waals surface area contributed by atoms with E-state index in [1.54, 1.807) is 0 Å². The first-order chi connectivity index (χ1) is 12.0. The van der Waals surface area contributed by atoms with Gasteiger partial charge in [0.15, 0.2) is 0 Å². The molecular formula is C19H26N4O2. The molecule has 2 N–H and O–H groups in total. The number of benzene rings is 1. The summed E-state index contributed by atoms with van der Waals surface area (Å²) < 4.78 is 5.23. The van der Waals surface area contributed by atoms with Gasteiger partial charge in [0.25, 0.3) is 0 Å². The predicted molar refractivity (Wildman–Crippen MR) is 95.9 cm³/mol. The normalized spacial score (nSPS) is 16.9. The number of nitrogens with zero attached hydrogens (tertiary/aromatic N) is 3. The molecule has 1 atom stereocenters. The van der Waals surface area contributed by atoms with Gasteiger partial charge in [-0.3, -0.25) is 9.69 Å². The van der Waals surface area contributed by atoms with E-state index in [4.69, 9.17) is 10.3 Å². The molecule has 0 spiro atoms. The van der Waals surface area contributed by atoms with E-state index in [0.717, 1.165) is 47.8 Å². The molecule has 1 aromatic heterocycles. The Bertz CT molecular complexity index is 711. The van der Waals surface area contributed by atoms with Crippen molar-refractivity contribution in [3.05, 3.63) is 52.4 Å². The second-order valence-corrected chi connectivity index (χ2v) is 6.79. The van der Waals surface area contributed by atoms with E-state index in [1.165, 1.54) is 0 Å². The topological polar surface area (TPSA) is 75.6 Å². The molecule has 0 aliphatic carbocycles. The van der Waals surface area contributed by atoms with Crippen LogP contribution < -0.4 is 5.73 Å². The third-order valence-corrected chi connectivity index (χ3v) is 4.95. The maximum atomic E-state index is 12.7. The van der Waals surface area contributed by atoms with Gasteiger partial charge in [0.1, 0.15) is 11.8 Å². The average Bonchev–Trinajstić information content (AvgIpc) is 2.94. The zero-order valence-corrected chi connectivity index (χ0v) is 15.2. The van der Waals surface area contributed by atoms with E-state index in [-0.39, 0.29) is 5.91 Å². The molecule has 1 amide bonds. The van der Waals surface area contributed by atoms with Crippen LogP contribution in [0.4, 0.5) is 0 Å². The van der Waals surface area contributed by atoms with Crippen LogP contribution in [0.3, 0.4) is 0 Å². The van der Waals surface area contributed by atoms with E-state index in [0.29, 0.717) is 13.1 Å². The first-order valence-corrected chi connectivity index (χ1v) is 8.70. The number of carbonyl (C=O) groups is 1. The van der Waals surface area contributed by atoms with Crippen LogP contribution in [0.15, 0.2) is 28.8 Å². The van der Waals surface area contributed by atoms with Crippen LogP contribution in [-0.2, 0) is 11.3 Å². The summed E-state index contributed by atoms with van der Waals surface area (Å²) in [6.07, 6.45) is 0. The monoisotopic (exact) mass is 342 g/mol. The largest absolute Gasteiger partial charge is 0.361 e. The Morgan fingerprint density at radius 1 is 1.16 bits per heavy atom. The molecule has 0 bridgehead atoms. The van der Waals surface area contributed by atoms with Gasteiger partial charge in [0, 0.05) is 38.3 Å². The number of hydrogen-bond acceptors (Lipinski definition) is 5.